The van der Waals surface area contributed by atoms with E-state index in [4.69, 9.17) is 15.7 Å². The Labute approximate surface area is 202 Å². The zero-order valence-electron chi connectivity index (χ0n) is 19.6. The first kappa shape index (κ1) is 23.7. The van der Waals surface area contributed by atoms with Crippen LogP contribution in [0.4, 0.5) is 5.82 Å². The van der Waals surface area contributed by atoms with Crippen LogP contribution in [0.3, 0.4) is 0 Å². The molecule has 0 amide bonds. The number of anilines is 1. The number of nitrogens with two attached hydrogens (primary N) is 1. The second kappa shape index (κ2) is 10.2. The first-order valence-corrected chi connectivity index (χ1v) is 13.1. The molecule has 4 rings (SSSR count). The number of aromatic nitrogens is 4. The molecular weight excluding hydrogens is 452 g/mol. The summed E-state index contributed by atoms with van der Waals surface area (Å²) in [7, 11) is 0. The first-order chi connectivity index (χ1) is 15.9. The molecule has 1 aromatic carbocycles. The maximum atomic E-state index is 13.3. The van der Waals surface area contributed by atoms with E-state index in [9.17, 15) is 4.79 Å². The molecule has 3 aromatic heterocycles. The van der Waals surface area contributed by atoms with Crippen molar-refractivity contribution in [3.63, 3.8) is 0 Å². The fourth-order valence-corrected chi connectivity index (χ4v) is 5.90. The van der Waals surface area contributed by atoms with Gasteiger partial charge in [-0.1, -0.05) is 37.7 Å². The Hall–Kier alpha value is -2.49. The first-order valence-electron chi connectivity index (χ1n) is 11.3. The maximum Gasteiger partial charge on any atom is 0.262 e. The topological polar surface area (TPSA) is 89.9 Å². The van der Waals surface area contributed by atoms with Crippen molar-refractivity contribution in [2.45, 2.75) is 51.6 Å². The lowest BCUT2D eigenvalue weighted by molar-refractivity contribution is 0.290. The predicted molar refractivity (Wildman–Crippen MR) is 139 cm³/mol. The van der Waals surface area contributed by atoms with Crippen LogP contribution in [0, 0.1) is 13.8 Å². The number of nitrogen functional groups attached to an aromatic ring is 1. The largest absolute Gasteiger partial charge is 0.383 e. The van der Waals surface area contributed by atoms with Gasteiger partial charge < -0.3 is 10.6 Å². The minimum atomic E-state index is 0.00281. The average Bonchev–Trinajstić information content (AvgIpc) is 3.10. The monoisotopic (exact) mass is 482 g/mol. The van der Waals surface area contributed by atoms with Crippen molar-refractivity contribution >= 4 is 50.0 Å². The maximum absolute atomic E-state index is 13.3. The third kappa shape index (κ3) is 4.90. The molecular formula is C24H30N6OS2. The molecule has 0 saturated carbocycles. The van der Waals surface area contributed by atoms with Crippen molar-refractivity contribution in [1.29, 1.82) is 0 Å². The minimum absolute atomic E-state index is 0.00281. The quantitative estimate of drug-likeness (QED) is 0.275. The van der Waals surface area contributed by atoms with Gasteiger partial charge in [0.2, 0.25) is 0 Å². The van der Waals surface area contributed by atoms with Crippen molar-refractivity contribution in [1.82, 2.24) is 24.4 Å². The summed E-state index contributed by atoms with van der Waals surface area (Å²) in [6.07, 6.45) is 0.887. The van der Waals surface area contributed by atoms with E-state index < -0.39 is 0 Å². The summed E-state index contributed by atoms with van der Waals surface area (Å²) >= 11 is 3.13. The normalized spacial score (nSPS) is 11.8. The molecule has 2 N–H and O–H groups in total. The third-order valence-electron chi connectivity index (χ3n) is 6.01. The molecule has 33 heavy (non-hydrogen) atoms. The van der Waals surface area contributed by atoms with Gasteiger partial charge in [-0.15, -0.1) is 11.3 Å². The highest BCUT2D eigenvalue weighted by molar-refractivity contribution is 7.98. The van der Waals surface area contributed by atoms with Crippen LogP contribution in [0.15, 0.2) is 34.2 Å². The van der Waals surface area contributed by atoms with Crippen molar-refractivity contribution in [2.24, 2.45) is 0 Å². The van der Waals surface area contributed by atoms with Gasteiger partial charge >= 0.3 is 0 Å². The van der Waals surface area contributed by atoms with Gasteiger partial charge in [0, 0.05) is 11.4 Å². The number of para-hydroxylation sites is 1. The van der Waals surface area contributed by atoms with Crippen molar-refractivity contribution in [2.75, 3.05) is 25.4 Å². The van der Waals surface area contributed by atoms with E-state index in [0.29, 0.717) is 40.0 Å². The van der Waals surface area contributed by atoms with E-state index in [2.05, 4.69) is 37.6 Å². The second-order valence-corrected chi connectivity index (χ2v) is 10.2. The Morgan fingerprint density at radius 2 is 1.88 bits per heavy atom. The Morgan fingerprint density at radius 3 is 2.64 bits per heavy atom. The summed E-state index contributed by atoms with van der Waals surface area (Å²) in [5.41, 5.74) is 8.12. The van der Waals surface area contributed by atoms with Gasteiger partial charge in [0.1, 0.15) is 16.5 Å². The Kier molecular flexibility index (Phi) is 7.31. The molecule has 0 radical (unpaired) electrons. The number of fused-ring (bicyclic) bond motifs is 2. The summed E-state index contributed by atoms with van der Waals surface area (Å²) in [6.45, 7) is 12.0. The van der Waals surface area contributed by atoms with E-state index >= 15 is 0 Å². The summed E-state index contributed by atoms with van der Waals surface area (Å²) in [5, 5.41) is 2.29. The van der Waals surface area contributed by atoms with Crippen LogP contribution in [0.1, 0.15) is 36.5 Å². The summed E-state index contributed by atoms with van der Waals surface area (Å²) in [6, 6.07) is 7.53. The number of aryl methyl sites for hydroxylation is 2. The summed E-state index contributed by atoms with van der Waals surface area (Å²) < 4.78 is 1.80. The van der Waals surface area contributed by atoms with Gasteiger partial charge in [0.15, 0.2) is 5.16 Å². The number of thioether (sulfide) groups is 1. The molecule has 4 aromatic rings. The van der Waals surface area contributed by atoms with Gasteiger partial charge in [-0.05, 0) is 57.6 Å². The number of thiophene rings is 1. The van der Waals surface area contributed by atoms with Crippen molar-refractivity contribution in [3.05, 3.63) is 50.9 Å². The molecule has 0 atom stereocenters. The Balaban J connectivity index is 1.63. The standard InChI is InChI=1S/C24H30N6OS2/c1-5-29(6-2)12-9-13-30-23(31)17-10-7-8-11-18(17)26-24(30)32-14-19-27-21(25)20-15(3)16(4)33-22(20)28-19/h7-8,10-11H,5-6,9,12-14H2,1-4H3,(H2,25,27,28). The van der Waals surface area contributed by atoms with Gasteiger partial charge in [-0.2, -0.15) is 0 Å². The van der Waals surface area contributed by atoms with Crippen LogP contribution >= 0.6 is 23.1 Å². The third-order valence-corrected chi connectivity index (χ3v) is 8.08. The smallest absolute Gasteiger partial charge is 0.262 e. The lowest BCUT2D eigenvalue weighted by Crippen LogP contribution is -2.28. The molecule has 0 bridgehead atoms. The van der Waals surface area contributed by atoms with Crippen LogP contribution in [-0.4, -0.2) is 44.1 Å². The Morgan fingerprint density at radius 1 is 1.12 bits per heavy atom. The second-order valence-electron chi connectivity index (χ2n) is 8.03. The summed E-state index contributed by atoms with van der Waals surface area (Å²) in [5.74, 6) is 1.67. The number of rotatable bonds is 9. The van der Waals surface area contributed by atoms with Gasteiger partial charge in [0.05, 0.1) is 22.0 Å². The molecule has 174 valence electrons. The molecule has 0 unspecified atom stereocenters. The van der Waals surface area contributed by atoms with Gasteiger partial charge in [-0.25, -0.2) is 15.0 Å². The SMILES string of the molecule is CCN(CC)CCCn1c(SCc2nc(N)c3c(C)c(C)sc3n2)nc2ccccc2c1=O. The van der Waals surface area contributed by atoms with E-state index in [1.165, 1.54) is 16.6 Å². The highest BCUT2D eigenvalue weighted by Crippen LogP contribution is 2.32. The molecule has 3 heterocycles. The zero-order chi connectivity index (χ0) is 23.5. The number of hydrogen-bond acceptors (Lipinski definition) is 8. The zero-order valence-corrected chi connectivity index (χ0v) is 21.2. The molecule has 7 nitrogen and oxygen atoms in total. The predicted octanol–water partition coefficient (Wildman–Crippen LogP) is 4.62. The van der Waals surface area contributed by atoms with Crippen molar-refractivity contribution < 1.29 is 0 Å². The molecule has 0 fully saturated rings. The minimum Gasteiger partial charge on any atom is -0.383 e. The average molecular weight is 483 g/mol. The van der Waals surface area contributed by atoms with E-state index in [1.807, 2.05) is 24.3 Å². The Bertz CT molecular complexity index is 1340. The van der Waals surface area contributed by atoms with Gasteiger partial charge in [0.25, 0.3) is 5.56 Å². The van der Waals surface area contributed by atoms with Crippen LogP contribution in [0.2, 0.25) is 0 Å². The highest BCUT2D eigenvalue weighted by Gasteiger charge is 2.16. The number of benzene rings is 1. The fraction of sp³-hybridized carbons (Fsp3) is 0.417. The van der Waals surface area contributed by atoms with E-state index in [0.717, 1.165) is 41.8 Å². The molecule has 0 aliphatic carbocycles. The fourth-order valence-electron chi connectivity index (χ4n) is 3.97. The van der Waals surface area contributed by atoms with Crippen LogP contribution < -0.4 is 11.3 Å². The molecule has 0 spiro atoms. The number of hydrogen-bond donors (Lipinski definition) is 1. The van der Waals surface area contributed by atoms with Gasteiger partial charge in [-0.3, -0.25) is 9.36 Å². The summed E-state index contributed by atoms with van der Waals surface area (Å²) in [4.78, 5) is 31.9. The number of nitrogens with zero attached hydrogens (tertiary/aromatic N) is 5. The van der Waals surface area contributed by atoms with Crippen LogP contribution in [0.25, 0.3) is 21.1 Å². The van der Waals surface area contributed by atoms with Crippen LogP contribution in [-0.2, 0) is 12.3 Å². The highest BCUT2D eigenvalue weighted by atomic mass is 32.2. The van der Waals surface area contributed by atoms with E-state index in [1.54, 1.807) is 15.9 Å². The lowest BCUT2D eigenvalue weighted by atomic mass is 10.2. The lowest BCUT2D eigenvalue weighted by Gasteiger charge is -2.19. The van der Waals surface area contributed by atoms with Crippen molar-refractivity contribution in [3.8, 4) is 0 Å². The van der Waals surface area contributed by atoms with E-state index in [-0.39, 0.29) is 5.56 Å². The molecule has 0 aliphatic heterocycles. The molecule has 0 saturated heterocycles. The molecule has 9 heteroatoms. The van der Waals surface area contributed by atoms with Crippen LogP contribution in [0.5, 0.6) is 0 Å². The molecule has 0 aliphatic rings.